The fraction of sp³-hybridized carbons (Fsp3) is 0.143. The zero-order valence-electron chi connectivity index (χ0n) is 14.6. The van der Waals surface area contributed by atoms with Crippen LogP contribution in [0.2, 0.25) is 5.02 Å². The van der Waals surface area contributed by atoms with Gasteiger partial charge in [-0.15, -0.1) is 11.8 Å². The molecule has 1 aliphatic rings. The van der Waals surface area contributed by atoms with E-state index < -0.39 is 10.8 Å². The molecular formula is C21H16ClNO3S2. The zero-order chi connectivity index (χ0) is 19.7. The lowest BCUT2D eigenvalue weighted by Gasteiger charge is -2.40. The number of phenols is 1. The molecule has 2 heterocycles. The Morgan fingerprint density at radius 1 is 1.07 bits per heavy atom. The SMILES string of the molecule is O=C1C[C@](c2ccc(O)cc2)(c2ccsc2)NC(=O)[C@@H]1Sc1ccccc1Cl. The van der Waals surface area contributed by atoms with Gasteiger partial charge in [-0.05, 0) is 52.2 Å². The minimum atomic E-state index is -0.945. The molecule has 1 aliphatic heterocycles. The van der Waals surface area contributed by atoms with Gasteiger partial charge < -0.3 is 10.4 Å². The number of hydrogen-bond donors (Lipinski definition) is 2. The van der Waals surface area contributed by atoms with Gasteiger partial charge in [0.2, 0.25) is 5.91 Å². The van der Waals surface area contributed by atoms with Gasteiger partial charge in [0.15, 0.2) is 5.78 Å². The smallest absolute Gasteiger partial charge is 0.242 e. The highest BCUT2D eigenvalue weighted by Crippen LogP contribution is 2.41. The highest BCUT2D eigenvalue weighted by Gasteiger charge is 2.47. The number of nitrogens with one attached hydrogen (secondary N) is 1. The summed E-state index contributed by atoms with van der Waals surface area (Å²) < 4.78 is 0. The number of halogens is 1. The number of hydrogen-bond acceptors (Lipinski definition) is 5. The molecule has 4 nitrogen and oxygen atoms in total. The van der Waals surface area contributed by atoms with Gasteiger partial charge in [0.05, 0.1) is 10.6 Å². The fourth-order valence-corrected chi connectivity index (χ4v) is 5.35. The zero-order valence-corrected chi connectivity index (χ0v) is 17.0. The van der Waals surface area contributed by atoms with E-state index in [0.29, 0.717) is 9.92 Å². The molecule has 7 heteroatoms. The van der Waals surface area contributed by atoms with Crippen molar-refractivity contribution in [2.24, 2.45) is 0 Å². The van der Waals surface area contributed by atoms with E-state index in [0.717, 1.165) is 11.1 Å². The molecule has 3 aromatic rings. The van der Waals surface area contributed by atoms with Gasteiger partial charge in [-0.1, -0.05) is 35.9 Å². The average Bonchev–Trinajstić information content (AvgIpc) is 3.22. The van der Waals surface area contributed by atoms with E-state index in [1.165, 1.54) is 23.1 Å². The molecule has 0 unspecified atom stereocenters. The lowest BCUT2D eigenvalue weighted by molar-refractivity contribution is -0.132. The van der Waals surface area contributed by atoms with E-state index in [1.807, 2.05) is 29.0 Å². The molecule has 1 saturated heterocycles. The molecule has 1 amide bonds. The number of piperidine rings is 1. The summed E-state index contributed by atoms with van der Waals surface area (Å²) >= 11 is 8.88. The summed E-state index contributed by atoms with van der Waals surface area (Å²) in [6.45, 7) is 0. The Hall–Kier alpha value is -2.28. The Morgan fingerprint density at radius 3 is 2.46 bits per heavy atom. The lowest BCUT2D eigenvalue weighted by Crippen LogP contribution is -2.57. The van der Waals surface area contributed by atoms with Crippen LogP contribution < -0.4 is 5.32 Å². The molecule has 2 N–H and O–H groups in total. The van der Waals surface area contributed by atoms with Crippen molar-refractivity contribution in [3.05, 3.63) is 81.5 Å². The molecular weight excluding hydrogens is 414 g/mol. The third-order valence-electron chi connectivity index (χ3n) is 4.76. The molecule has 142 valence electrons. The molecule has 4 rings (SSSR count). The average molecular weight is 430 g/mol. The first-order valence-electron chi connectivity index (χ1n) is 8.58. The molecule has 0 saturated carbocycles. The first kappa shape index (κ1) is 19.1. The summed E-state index contributed by atoms with van der Waals surface area (Å²) in [4.78, 5) is 26.8. The van der Waals surface area contributed by atoms with Gasteiger partial charge in [-0.25, -0.2) is 0 Å². The second-order valence-corrected chi connectivity index (χ2v) is 8.86. The maximum Gasteiger partial charge on any atom is 0.242 e. The molecule has 0 aliphatic carbocycles. The number of benzene rings is 2. The lowest BCUT2D eigenvalue weighted by atomic mass is 9.77. The summed E-state index contributed by atoms with van der Waals surface area (Å²) in [5.41, 5.74) is 0.664. The third kappa shape index (κ3) is 3.43. The van der Waals surface area contributed by atoms with E-state index in [9.17, 15) is 14.7 Å². The van der Waals surface area contributed by atoms with Crippen molar-refractivity contribution in [1.82, 2.24) is 5.32 Å². The number of thiophene rings is 1. The normalized spacial score (nSPS) is 22.1. The van der Waals surface area contributed by atoms with Crippen LogP contribution >= 0.6 is 34.7 Å². The number of thioether (sulfide) groups is 1. The number of rotatable bonds is 4. The fourth-order valence-electron chi connectivity index (χ4n) is 3.38. The number of carbonyl (C=O) groups excluding carboxylic acids is 2. The van der Waals surface area contributed by atoms with Crippen molar-refractivity contribution in [1.29, 1.82) is 0 Å². The van der Waals surface area contributed by atoms with Crippen molar-refractivity contribution < 1.29 is 14.7 Å². The predicted octanol–water partition coefficient (Wildman–Crippen LogP) is 4.60. The highest BCUT2D eigenvalue weighted by molar-refractivity contribution is 8.01. The quantitative estimate of drug-likeness (QED) is 0.595. The second-order valence-electron chi connectivity index (χ2n) is 6.52. The number of phenolic OH excluding ortho intramolecular Hbond substituents is 1. The van der Waals surface area contributed by atoms with Crippen molar-refractivity contribution in [2.45, 2.75) is 22.1 Å². The van der Waals surface area contributed by atoms with Gasteiger partial charge in [0, 0.05) is 11.3 Å². The third-order valence-corrected chi connectivity index (χ3v) is 7.21. The predicted molar refractivity (Wildman–Crippen MR) is 112 cm³/mol. The van der Waals surface area contributed by atoms with Crippen molar-refractivity contribution >= 4 is 46.4 Å². The molecule has 0 bridgehead atoms. The van der Waals surface area contributed by atoms with E-state index >= 15 is 0 Å². The standard InChI is InChI=1S/C21H16ClNO3S2/c22-16-3-1-2-4-18(16)28-19-17(25)11-21(23-20(19)26,14-9-10-27-12-14)13-5-7-15(24)8-6-13/h1-10,12,19,24H,11H2,(H,23,26)/t19-,21+/m1/s1. The van der Waals surface area contributed by atoms with Crippen molar-refractivity contribution in [3.8, 4) is 5.75 Å². The first-order chi connectivity index (χ1) is 13.5. The Kier molecular flexibility index (Phi) is 5.19. The van der Waals surface area contributed by atoms with Crippen LogP contribution in [0.1, 0.15) is 17.5 Å². The summed E-state index contributed by atoms with van der Waals surface area (Å²) in [7, 11) is 0. The van der Waals surface area contributed by atoms with E-state index in [-0.39, 0.29) is 23.9 Å². The second kappa shape index (κ2) is 7.62. The molecule has 1 aromatic heterocycles. The molecule has 1 fully saturated rings. The summed E-state index contributed by atoms with van der Waals surface area (Å²) in [6.07, 6.45) is 0.127. The van der Waals surface area contributed by atoms with Crippen LogP contribution in [0.3, 0.4) is 0 Å². The van der Waals surface area contributed by atoms with Crippen LogP contribution in [-0.2, 0) is 15.1 Å². The highest BCUT2D eigenvalue weighted by atomic mass is 35.5. The van der Waals surface area contributed by atoms with Crippen LogP contribution in [-0.4, -0.2) is 22.0 Å². The van der Waals surface area contributed by atoms with Crippen LogP contribution in [0.5, 0.6) is 5.75 Å². The molecule has 0 radical (unpaired) electrons. The summed E-state index contributed by atoms with van der Waals surface area (Å²) in [5.74, 6) is -0.377. The van der Waals surface area contributed by atoms with E-state index in [1.54, 1.807) is 36.4 Å². The minimum absolute atomic E-state index is 0.127. The van der Waals surface area contributed by atoms with E-state index in [2.05, 4.69) is 5.32 Å². The molecule has 28 heavy (non-hydrogen) atoms. The topological polar surface area (TPSA) is 66.4 Å². The van der Waals surface area contributed by atoms with Gasteiger partial charge in [-0.2, -0.15) is 11.3 Å². The minimum Gasteiger partial charge on any atom is -0.508 e. The van der Waals surface area contributed by atoms with Gasteiger partial charge in [-0.3, -0.25) is 9.59 Å². The molecule has 2 aromatic carbocycles. The number of amides is 1. The Balaban J connectivity index is 1.70. The Bertz CT molecular complexity index is 1000. The first-order valence-corrected chi connectivity index (χ1v) is 10.8. The number of carbonyl (C=O) groups is 2. The monoisotopic (exact) mass is 429 g/mol. The van der Waals surface area contributed by atoms with Crippen LogP contribution in [0.15, 0.2) is 70.3 Å². The van der Waals surface area contributed by atoms with Crippen molar-refractivity contribution in [2.75, 3.05) is 0 Å². The Morgan fingerprint density at radius 2 is 1.82 bits per heavy atom. The van der Waals surface area contributed by atoms with Crippen LogP contribution in [0, 0.1) is 0 Å². The number of ketones is 1. The summed E-state index contributed by atoms with van der Waals surface area (Å²) in [6, 6.07) is 15.7. The van der Waals surface area contributed by atoms with Crippen LogP contribution in [0.4, 0.5) is 0 Å². The van der Waals surface area contributed by atoms with Crippen LogP contribution in [0.25, 0.3) is 0 Å². The van der Waals surface area contributed by atoms with Gasteiger partial charge in [0.25, 0.3) is 0 Å². The number of Topliss-reactive ketones (excluding diaryl/α,β-unsaturated/α-hetero) is 1. The van der Waals surface area contributed by atoms with E-state index in [4.69, 9.17) is 11.6 Å². The largest absolute Gasteiger partial charge is 0.508 e. The number of aromatic hydroxyl groups is 1. The summed E-state index contributed by atoms with van der Waals surface area (Å²) in [5, 5.41) is 16.2. The Labute approximate surface area is 175 Å². The maximum absolute atomic E-state index is 13.1. The maximum atomic E-state index is 13.1. The van der Waals surface area contributed by atoms with Gasteiger partial charge >= 0.3 is 0 Å². The van der Waals surface area contributed by atoms with Gasteiger partial charge in [0.1, 0.15) is 11.0 Å². The molecule has 2 atom stereocenters. The van der Waals surface area contributed by atoms with Crippen molar-refractivity contribution in [3.63, 3.8) is 0 Å². The molecule has 0 spiro atoms.